The number of carbonyl (C=O) groups excluding carboxylic acids is 3. The molecule has 1 atom stereocenters. The molecule has 1 aliphatic rings. The van der Waals surface area contributed by atoms with Crippen LogP contribution in [0.25, 0.3) is 0 Å². The Morgan fingerprint density at radius 1 is 1.17 bits per heavy atom. The molecule has 0 bridgehead atoms. The van der Waals surface area contributed by atoms with Crippen LogP contribution in [0.5, 0.6) is 0 Å². The summed E-state index contributed by atoms with van der Waals surface area (Å²) in [5.41, 5.74) is 4.51. The summed E-state index contributed by atoms with van der Waals surface area (Å²) in [5.74, 6) is -0.837. The molecular formula is C20H19ClN6O3. The van der Waals surface area contributed by atoms with E-state index in [9.17, 15) is 14.4 Å². The number of aliphatic imine (C=N–C) groups is 1. The number of nitrogens with one attached hydrogen (secondary N) is 4. The molecule has 4 N–H and O–H groups in total. The molecule has 10 heteroatoms. The van der Waals surface area contributed by atoms with Crippen LogP contribution in [0.3, 0.4) is 0 Å². The van der Waals surface area contributed by atoms with Crippen molar-refractivity contribution in [3.63, 3.8) is 0 Å². The number of amides is 3. The Bertz CT molecular complexity index is 1020. The van der Waals surface area contributed by atoms with Gasteiger partial charge >= 0.3 is 0 Å². The molecule has 0 saturated heterocycles. The Morgan fingerprint density at radius 2 is 1.87 bits per heavy atom. The second-order valence-electron chi connectivity index (χ2n) is 6.42. The molecule has 3 amide bonds. The number of hydrazone groups is 1. The van der Waals surface area contributed by atoms with E-state index in [1.54, 1.807) is 54.7 Å². The minimum atomic E-state index is -0.864. The van der Waals surface area contributed by atoms with Gasteiger partial charge in [-0.3, -0.25) is 19.7 Å². The maximum absolute atomic E-state index is 12.3. The fourth-order valence-corrected chi connectivity index (χ4v) is 2.75. The van der Waals surface area contributed by atoms with E-state index >= 15 is 0 Å². The van der Waals surface area contributed by atoms with E-state index in [-0.39, 0.29) is 24.2 Å². The summed E-state index contributed by atoms with van der Waals surface area (Å²) < 4.78 is 0. The molecule has 0 unspecified atom stereocenters. The van der Waals surface area contributed by atoms with Crippen molar-refractivity contribution in [1.29, 1.82) is 0 Å². The highest BCUT2D eigenvalue weighted by Gasteiger charge is 2.28. The normalized spacial score (nSPS) is 15.5. The van der Waals surface area contributed by atoms with Crippen LogP contribution < -0.4 is 21.4 Å². The molecule has 154 valence electrons. The van der Waals surface area contributed by atoms with E-state index in [2.05, 4.69) is 31.5 Å². The number of nitrogens with zero attached hydrogens (tertiary/aromatic N) is 2. The molecule has 0 radical (unpaired) electrons. The SMILES string of the molecule is CC(=O)Nc1cccc(NC(=O)C[C@@H]2N=C(N/N=C\c3ccc(Cl)cc3)NC2=O)c1. The van der Waals surface area contributed by atoms with Crippen LogP contribution in [0.1, 0.15) is 18.9 Å². The highest BCUT2D eigenvalue weighted by Crippen LogP contribution is 2.16. The van der Waals surface area contributed by atoms with Crippen LogP contribution in [0.4, 0.5) is 11.4 Å². The summed E-state index contributed by atoms with van der Waals surface area (Å²) in [6.45, 7) is 1.40. The van der Waals surface area contributed by atoms with Gasteiger partial charge in [0.15, 0.2) is 0 Å². The third-order valence-corrected chi connectivity index (χ3v) is 4.18. The first-order valence-electron chi connectivity index (χ1n) is 9.00. The lowest BCUT2D eigenvalue weighted by atomic mass is 10.2. The maximum Gasteiger partial charge on any atom is 0.252 e. The molecule has 2 aromatic carbocycles. The molecular weight excluding hydrogens is 408 g/mol. The quantitative estimate of drug-likeness (QED) is 0.417. The van der Waals surface area contributed by atoms with Crippen LogP contribution in [-0.4, -0.2) is 35.9 Å². The van der Waals surface area contributed by atoms with Gasteiger partial charge in [0.25, 0.3) is 5.91 Å². The van der Waals surface area contributed by atoms with E-state index < -0.39 is 11.9 Å². The van der Waals surface area contributed by atoms with Gasteiger partial charge in [-0.1, -0.05) is 29.8 Å². The van der Waals surface area contributed by atoms with Crippen LogP contribution in [0.2, 0.25) is 5.02 Å². The van der Waals surface area contributed by atoms with E-state index in [4.69, 9.17) is 11.6 Å². The Morgan fingerprint density at radius 3 is 2.57 bits per heavy atom. The second-order valence-corrected chi connectivity index (χ2v) is 6.86. The predicted molar refractivity (Wildman–Crippen MR) is 116 cm³/mol. The molecule has 0 aliphatic carbocycles. The summed E-state index contributed by atoms with van der Waals surface area (Å²) in [5, 5.41) is 12.5. The zero-order chi connectivity index (χ0) is 21.5. The van der Waals surface area contributed by atoms with Gasteiger partial charge in [0.2, 0.25) is 17.8 Å². The fourth-order valence-electron chi connectivity index (χ4n) is 2.62. The lowest BCUT2D eigenvalue weighted by Crippen LogP contribution is -2.35. The van der Waals surface area contributed by atoms with Gasteiger partial charge in [0, 0.05) is 23.3 Å². The highest BCUT2D eigenvalue weighted by molar-refractivity contribution is 6.30. The van der Waals surface area contributed by atoms with Crippen molar-refractivity contribution in [1.82, 2.24) is 10.7 Å². The Labute approximate surface area is 177 Å². The van der Waals surface area contributed by atoms with Crippen molar-refractivity contribution in [3.8, 4) is 0 Å². The molecule has 2 aromatic rings. The zero-order valence-corrected chi connectivity index (χ0v) is 16.7. The Hall–Kier alpha value is -3.72. The second kappa shape index (κ2) is 9.66. The van der Waals surface area contributed by atoms with Gasteiger partial charge in [0.05, 0.1) is 12.6 Å². The number of anilines is 2. The van der Waals surface area contributed by atoms with E-state index in [1.807, 2.05) is 0 Å². The first-order valence-corrected chi connectivity index (χ1v) is 9.37. The summed E-state index contributed by atoms with van der Waals surface area (Å²) in [4.78, 5) is 39.6. The number of rotatable bonds is 6. The summed E-state index contributed by atoms with van der Waals surface area (Å²) in [6.07, 6.45) is 1.41. The number of hydrogen-bond donors (Lipinski definition) is 4. The average molecular weight is 427 g/mol. The number of carbonyl (C=O) groups is 3. The third-order valence-electron chi connectivity index (χ3n) is 3.93. The Kier molecular flexibility index (Phi) is 6.76. The van der Waals surface area contributed by atoms with Crippen molar-refractivity contribution in [2.45, 2.75) is 19.4 Å². The molecule has 9 nitrogen and oxygen atoms in total. The smallest absolute Gasteiger partial charge is 0.252 e. The standard InChI is InChI=1S/C20H19ClN6O3/c1-12(28)23-15-3-2-4-16(9-15)24-18(29)10-17-19(30)26-20(25-17)27-22-11-13-5-7-14(21)8-6-13/h2-9,11,17H,10H2,1H3,(H,23,28)(H,24,29)(H2,25,26,27,30)/b22-11-/t17-/m0/s1. The third kappa shape index (κ3) is 6.14. The number of benzene rings is 2. The molecule has 0 fully saturated rings. The van der Waals surface area contributed by atoms with Crippen LogP contribution >= 0.6 is 11.6 Å². The molecule has 1 heterocycles. The first kappa shape index (κ1) is 21.0. The van der Waals surface area contributed by atoms with E-state index in [0.717, 1.165) is 5.56 Å². The van der Waals surface area contributed by atoms with Crippen molar-refractivity contribution >= 4 is 52.9 Å². The lowest BCUT2D eigenvalue weighted by Gasteiger charge is -2.09. The molecule has 0 spiro atoms. The van der Waals surface area contributed by atoms with Crippen LogP contribution in [-0.2, 0) is 14.4 Å². The monoisotopic (exact) mass is 426 g/mol. The Balaban J connectivity index is 1.54. The summed E-state index contributed by atoms with van der Waals surface area (Å²) in [6, 6.07) is 12.9. The minimum Gasteiger partial charge on any atom is -0.326 e. The summed E-state index contributed by atoms with van der Waals surface area (Å²) >= 11 is 5.83. The summed E-state index contributed by atoms with van der Waals surface area (Å²) in [7, 11) is 0. The van der Waals surface area contributed by atoms with Gasteiger partial charge < -0.3 is 10.6 Å². The van der Waals surface area contributed by atoms with Gasteiger partial charge in [-0.15, -0.1) is 0 Å². The van der Waals surface area contributed by atoms with Crippen molar-refractivity contribution in [3.05, 3.63) is 59.1 Å². The van der Waals surface area contributed by atoms with Crippen molar-refractivity contribution in [2.24, 2.45) is 10.1 Å². The van der Waals surface area contributed by atoms with Gasteiger partial charge in [-0.25, -0.2) is 10.4 Å². The lowest BCUT2D eigenvalue weighted by molar-refractivity contribution is -0.123. The van der Waals surface area contributed by atoms with E-state index in [1.165, 1.54) is 6.92 Å². The molecule has 1 aliphatic heterocycles. The van der Waals surface area contributed by atoms with Crippen molar-refractivity contribution < 1.29 is 14.4 Å². The number of guanidine groups is 1. The largest absolute Gasteiger partial charge is 0.326 e. The average Bonchev–Trinajstić information content (AvgIpc) is 3.02. The molecule has 3 rings (SSSR count). The highest BCUT2D eigenvalue weighted by atomic mass is 35.5. The number of halogens is 1. The fraction of sp³-hybridized carbons (Fsp3) is 0.150. The molecule has 0 aromatic heterocycles. The minimum absolute atomic E-state index is 0.137. The van der Waals surface area contributed by atoms with Gasteiger partial charge in [-0.2, -0.15) is 5.10 Å². The molecule has 30 heavy (non-hydrogen) atoms. The van der Waals surface area contributed by atoms with E-state index in [0.29, 0.717) is 16.4 Å². The van der Waals surface area contributed by atoms with Crippen LogP contribution in [0, 0.1) is 0 Å². The predicted octanol–water partition coefficient (Wildman–Crippen LogP) is 2.11. The topological polar surface area (TPSA) is 124 Å². The maximum atomic E-state index is 12.3. The zero-order valence-electron chi connectivity index (χ0n) is 16.0. The van der Waals surface area contributed by atoms with Crippen LogP contribution in [0.15, 0.2) is 58.6 Å². The number of hydrogen-bond acceptors (Lipinski definition) is 6. The van der Waals surface area contributed by atoms with Gasteiger partial charge in [-0.05, 0) is 35.9 Å². The first-order chi connectivity index (χ1) is 14.4. The van der Waals surface area contributed by atoms with Gasteiger partial charge in [0.1, 0.15) is 6.04 Å². The van der Waals surface area contributed by atoms with Crippen molar-refractivity contribution in [2.75, 3.05) is 10.6 Å². The molecule has 0 saturated carbocycles.